The highest BCUT2D eigenvalue weighted by Gasteiger charge is 2.27. The number of rotatable bonds is 1. The molecule has 1 aliphatic rings. The Morgan fingerprint density at radius 1 is 1.45 bits per heavy atom. The fraction of sp³-hybridized carbons (Fsp3) is 0.200. The number of hydrogen-bond acceptors (Lipinski definition) is 3. The van der Waals surface area contributed by atoms with E-state index in [0.717, 1.165) is 29.4 Å². The van der Waals surface area contributed by atoms with Gasteiger partial charge in [-0.15, -0.1) is 0 Å². The van der Waals surface area contributed by atoms with Crippen LogP contribution in [0.15, 0.2) is 30.6 Å². The van der Waals surface area contributed by atoms with Gasteiger partial charge in [-0.3, -0.25) is 9.78 Å². The van der Waals surface area contributed by atoms with Gasteiger partial charge in [0.1, 0.15) is 0 Å². The molecule has 1 aliphatic heterocycles. The Kier molecular flexibility index (Phi) is 2.89. The van der Waals surface area contributed by atoms with Crippen LogP contribution in [0.1, 0.15) is 21.5 Å². The lowest BCUT2D eigenvalue weighted by Crippen LogP contribution is -2.29. The lowest BCUT2D eigenvalue weighted by atomic mass is 10.1. The van der Waals surface area contributed by atoms with E-state index < -0.39 is 5.82 Å². The predicted molar refractivity (Wildman–Crippen MR) is 75.2 cm³/mol. The second-order valence-corrected chi connectivity index (χ2v) is 4.90. The van der Waals surface area contributed by atoms with Gasteiger partial charge in [0.2, 0.25) is 0 Å². The maximum Gasteiger partial charge on any atom is 0.261 e. The minimum Gasteiger partial charge on any atom is -0.398 e. The van der Waals surface area contributed by atoms with E-state index in [9.17, 15) is 9.18 Å². The number of nitrogens with zero attached hydrogens (tertiary/aromatic N) is 2. The zero-order chi connectivity index (χ0) is 14.3. The number of benzene rings is 1. The van der Waals surface area contributed by atoms with Gasteiger partial charge >= 0.3 is 0 Å². The quantitative estimate of drug-likeness (QED) is 0.810. The number of nitrogen functional groups attached to an aromatic ring is 1. The third kappa shape index (κ3) is 1.91. The SMILES string of the molecule is Cc1cc2c(cc1N)N(C(=O)c1ccncc1F)CC2. The Labute approximate surface area is 116 Å². The number of carbonyl (C=O) groups is 1. The Morgan fingerprint density at radius 2 is 2.25 bits per heavy atom. The molecule has 4 nitrogen and oxygen atoms in total. The molecule has 102 valence electrons. The highest BCUT2D eigenvalue weighted by atomic mass is 19.1. The molecule has 1 aromatic carbocycles. The predicted octanol–water partition coefficient (Wildman–Crippen LogP) is 2.31. The number of carbonyl (C=O) groups excluding carboxylic acids is 1. The van der Waals surface area contributed by atoms with Gasteiger partial charge in [0.25, 0.3) is 5.91 Å². The average molecular weight is 271 g/mol. The molecule has 2 N–H and O–H groups in total. The van der Waals surface area contributed by atoms with Gasteiger partial charge in [0, 0.05) is 24.1 Å². The number of aromatic nitrogens is 1. The standard InChI is InChI=1S/C15H14FN3O/c1-9-6-10-3-5-19(14(10)7-13(9)17)15(20)11-2-4-18-8-12(11)16/h2,4,6-8H,3,5,17H2,1H3. The molecule has 0 saturated carbocycles. The molecule has 0 spiro atoms. The largest absolute Gasteiger partial charge is 0.398 e. The number of aryl methyl sites for hydroxylation is 1. The molecule has 0 fully saturated rings. The van der Waals surface area contributed by atoms with Crippen LogP contribution >= 0.6 is 0 Å². The lowest BCUT2D eigenvalue weighted by molar-refractivity contribution is 0.0985. The summed E-state index contributed by atoms with van der Waals surface area (Å²) in [5, 5.41) is 0. The smallest absolute Gasteiger partial charge is 0.261 e. The van der Waals surface area contributed by atoms with Crippen LogP contribution in [0, 0.1) is 12.7 Å². The second kappa shape index (κ2) is 4.59. The monoisotopic (exact) mass is 271 g/mol. The van der Waals surface area contributed by atoms with Gasteiger partial charge in [-0.2, -0.15) is 0 Å². The minimum absolute atomic E-state index is 0.0343. The first-order valence-corrected chi connectivity index (χ1v) is 6.38. The van der Waals surface area contributed by atoms with Crippen molar-refractivity contribution in [2.75, 3.05) is 17.2 Å². The number of hydrogen-bond donors (Lipinski definition) is 1. The fourth-order valence-electron chi connectivity index (χ4n) is 2.48. The van der Waals surface area contributed by atoms with Crippen LogP contribution in [-0.2, 0) is 6.42 Å². The molecule has 5 heteroatoms. The third-order valence-electron chi connectivity index (χ3n) is 3.61. The van der Waals surface area contributed by atoms with Crippen LogP contribution < -0.4 is 10.6 Å². The van der Waals surface area contributed by atoms with Crippen molar-refractivity contribution in [3.8, 4) is 0 Å². The van der Waals surface area contributed by atoms with Crippen LogP contribution in [0.3, 0.4) is 0 Å². The van der Waals surface area contributed by atoms with Gasteiger partial charge in [-0.1, -0.05) is 6.07 Å². The van der Waals surface area contributed by atoms with E-state index in [0.29, 0.717) is 12.2 Å². The summed E-state index contributed by atoms with van der Waals surface area (Å²) in [6.45, 7) is 2.47. The first kappa shape index (κ1) is 12.6. The van der Waals surface area contributed by atoms with Crippen molar-refractivity contribution >= 4 is 17.3 Å². The minimum atomic E-state index is -0.606. The molecule has 20 heavy (non-hydrogen) atoms. The van der Waals surface area contributed by atoms with Crippen molar-refractivity contribution in [3.63, 3.8) is 0 Å². The maximum atomic E-state index is 13.7. The van der Waals surface area contributed by atoms with Crippen molar-refractivity contribution in [2.24, 2.45) is 0 Å². The van der Waals surface area contributed by atoms with E-state index in [1.54, 1.807) is 11.0 Å². The van der Waals surface area contributed by atoms with Gasteiger partial charge in [0.15, 0.2) is 5.82 Å². The van der Waals surface area contributed by atoms with Gasteiger partial charge in [-0.25, -0.2) is 4.39 Å². The Hall–Kier alpha value is -2.43. The van der Waals surface area contributed by atoms with Crippen molar-refractivity contribution < 1.29 is 9.18 Å². The lowest BCUT2D eigenvalue weighted by Gasteiger charge is -2.18. The molecular weight excluding hydrogens is 257 g/mol. The van der Waals surface area contributed by atoms with Gasteiger partial charge in [0.05, 0.1) is 11.8 Å². The normalized spacial score (nSPS) is 13.4. The summed E-state index contributed by atoms with van der Waals surface area (Å²) in [6.07, 6.45) is 3.22. The molecule has 2 heterocycles. The Bertz CT molecular complexity index is 700. The van der Waals surface area contributed by atoms with Gasteiger partial charge in [-0.05, 0) is 36.6 Å². The fourth-order valence-corrected chi connectivity index (χ4v) is 2.48. The Morgan fingerprint density at radius 3 is 3.00 bits per heavy atom. The zero-order valence-corrected chi connectivity index (χ0v) is 11.1. The number of anilines is 2. The van der Waals surface area contributed by atoms with Crippen molar-refractivity contribution in [3.05, 3.63) is 53.1 Å². The summed E-state index contributed by atoms with van der Waals surface area (Å²) >= 11 is 0. The second-order valence-electron chi connectivity index (χ2n) is 4.90. The van der Waals surface area contributed by atoms with Crippen molar-refractivity contribution in [2.45, 2.75) is 13.3 Å². The molecule has 0 unspecified atom stereocenters. The maximum absolute atomic E-state index is 13.7. The van der Waals surface area contributed by atoms with Crippen LogP contribution in [0.5, 0.6) is 0 Å². The zero-order valence-electron chi connectivity index (χ0n) is 11.1. The van der Waals surface area contributed by atoms with E-state index >= 15 is 0 Å². The van der Waals surface area contributed by atoms with Crippen LogP contribution in [-0.4, -0.2) is 17.4 Å². The summed E-state index contributed by atoms with van der Waals surface area (Å²) in [7, 11) is 0. The molecule has 0 radical (unpaired) electrons. The van der Waals surface area contributed by atoms with E-state index in [4.69, 9.17) is 5.73 Å². The Balaban J connectivity index is 2.01. The molecule has 1 aromatic heterocycles. The number of amides is 1. The number of pyridine rings is 1. The van der Waals surface area contributed by atoms with Crippen LogP contribution in [0.25, 0.3) is 0 Å². The van der Waals surface area contributed by atoms with E-state index in [1.807, 2.05) is 13.0 Å². The molecule has 0 aliphatic carbocycles. The summed E-state index contributed by atoms with van der Waals surface area (Å²) < 4.78 is 13.7. The van der Waals surface area contributed by atoms with Crippen LogP contribution in [0.2, 0.25) is 0 Å². The topological polar surface area (TPSA) is 59.2 Å². The number of fused-ring (bicyclic) bond motifs is 1. The van der Waals surface area contributed by atoms with Crippen molar-refractivity contribution in [1.82, 2.24) is 4.98 Å². The summed E-state index contributed by atoms with van der Waals surface area (Å²) in [6, 6.07) is 5.17. The van der Waals surface area contributed by atoms with E-state index in [-0.39, 0.29) is 11.5 Å². The molecule has 0 atom stereocenters. The highest BCUT2D eigenvalue weighted by molar-refractivity contribution is 6.07. The van der Waals surface area contributed by atoms with E-state index in [1.165, 1.54) is 12.3 Å². The number of nitrogens with two attached hydrogens (primary N) is 1. The molecular formula is C15H14FN3O. The van der Waals surface area contributed by atoms with Crippen molar-refractivity contribution in [1.29, 1.82) is 0 Å². The first-order valence-electron chi connectivity index (χ1n) is 6.38. The third-order valence-corrected chi connectivity index (χ3v) is 3.61. The number of halogens is 1. The van der Waals surface area contributed by atoms with Gasteiger partial charge < -0.3 is 10.6 Å². The molecule has 3 rings (SSSR count). The molecule has 0 bridgehead atoms. The summed E-state index contributed by atoms with van der Waals surface area (Å²) in [5.74, 6) is -0.960. The molecule has 0 saturated heterocycles. The van der Waals surface area contributed by atoms with Crippen LogP contribution in [0.4, 0.5) is 15.8 Å². The first-order chi connectivity index (χ1) is 9.58. The molecule has 2 aromatic rings. The average Bonchev–Trinajstić information content (AvgIpc) is 2.82. The summed E-state index contributed by atoms with van der Waals surface area (Å²) in [4.78, 5) is 17.7. The molecule has 1 amide bonds. The van der Waals surface area contributed by atoms with E-state index in [2.05, 4.69) is 4.98 Å². The summed E-state index contributed by atoms with van der Waals surface area (Å²) in [5.41, 5.74) is 9.41. The highest BCUT2D eigenvalue weighted by Crippen LogP contribution is 2.33.